The summed E-state index contributed by atoms with van der Waals surface area (Å²) in [6, 6.07) is 0. The summed E-state index contributed by atoms with van der Waals surface area (Å²) >= 11 is 0. The van der Waals surface area contributed by atoms with Crippen molar-refractivity contribution in [2.24, 2.45) is 18.9 Å². The highest BCUT2D eigenvalue weighted by molar-refractivity contribution is 5.38. The number of piperidine rings is 1. The lowest BCUT2D eigenvalue weighted by atomic mass is 9.92. The van der Waals surface area contributed by atoms with Gasteiger partial charge < -0.3 is 5.73 Å². The molecule has 4 nitrogen and oxygen atoms in total. The van der Waals surface area contributed by atoms with Crippen molar-refractivity contribution in [3.8, 4) is 0 Å². The number of nitrogens with two attached hydrogens (primary N) is 1. The summed E-state index contributed by atoms with van der Waals surface area (Å²) in [5.74, 6) is 2.38. The summed E-state index contributed by atoms with van der Waals surface area (Å²) in [6.07, 6.45) is 3.23. The van der Waals surface area contributed by atoms with Gasteiger partial charge in [0.1, 0.15) is 5.82 Å². The van der Waals surface area contributed by atoms with E-state index in [0.717, 1.165) is 29.8 Å². The van der Waals surface area contributed by atoms with Crippen molar-refractivity contribution in [2.45, 2.75) is 26.8 Å². The van der Waals surface area contributed by atoms with E-state index in [1.54, 1.807) is 4.68 Å². The molecule has 0 amide bonds. The minimum atomic E-state index is 0.793. The lowest BCUT2D eigenvalue weighted by Crippen LogP contribution is -2.38. The number of nitrogen functional groups attached to an aromatic ring is 1. The first-order chi connectivity index (χ1) is 7.56. The summed E-state index contributed by atoms with van der Waals surface area (Å²) in [7, 11) is 1.89. The van der Waals surface area contributed by atoms with Gasteiger partial charge in [0.15, 0.2) is 0 Å². The van der Waals surface area contributed by atoms with Crippen LogP contribution in [0.1, 0.15) is 25.8 Å². The number of likely N-dealkylation sites (tertiary alicyclic amines) is 1. The van der Waals surface area contributed by atoms with Crippen molar-refractivity contribution in [3.05, 3.63) is 11.8 Å². The second-order valence-electron chi connectivity index (χ2n) is 5.32. The monoisotopic (exact) mass is 222 g/mol. The molecule has 0 aromatic carbocycles. The summed E-state index contributed by atoms with van der Waals surface area (Å²) in [4.78, 5) is 2.49. The Hall–Kier alpha value is -1.03. The average Bonchev–Trinajstić information content (AvgIpc) is 2.48. The van der Waals surface area contributed by atoms with E-state index in [2.05, 4.69) is 23.8 Å². The van der Waals surface area contributed by atoms with Gasteiger partial charge in [-0.05, 0) is 18.3 Å². The largest absolute Gasteiger partial charge is 0.384 e. The first kappa shape index (κ1) is 11.5. The van der Waals surface area contributed by atoms with Crippen LogP contribution in [0.25, 0.3) is 0 Å². The van der Waals surface area contributed by atoms with Gasteiger partial charge in [0.05, 0.1) is 6.20 Å². The van der Waals surface area contributed by atoms with Crippen molar-refractivity contribution in [2.75, 3.05) is 18.8 Å². The highest BCUT2D eigenvalue weighted by atomic mass is 15.3. The maximum Gasteiger partial charge on any atom is 0.125 e. The Morgan fingerprint density at radius 2 is 2.00 bits per heavy atom. The Bertz CT molecular complexity index is 348. The van der Waals surface area contributed by atoms with Crippen molar-refractivity contribution >= 4 is 5.82 Å². The van der Waals surface area contributed by atoms with E-state index in [1.807, 2.05) is 13.2 Å². The maximum absolute atomic E-state index is 5.96. The van der Waals surface area contributed by atoms with E-state index in [1.165, 1.54) is 19.5 Å². The van der Waals surface area contributed by atoms with Gasteiger partial charge in [-0.1, -0.05) is 13.8 Å². The van der Waals surface area contributed by atoms with Gasteiger partial charge in [-0.15, -0.1) is 0 Å². The SMILES string of the molecule is CC1CC(C)CN(Cc2cnn(C)c2N)C1. The van der Waals surface area contributed by atoms with E-state index in [9.17, 15) is 0 Å². The maximum atomic E-state index is 5.96. The van der Waals surface area contributed by atoms with Gasteiger partial charge >= 0.3 is 0 Å². The van der Waals surface area contributed by atoms with Crippen LogP contribution in [-0.4, -0.2) is 27.8 Å². The molecule has 0 radical (unpaired) electrons. The summed E-state index contributed by atoms with van der Waals surface area (Å²) in [6.45, 7) is 7.95. The van der Waals surface area contributed by atoms with Gasteiger partial charge in [-0.25, -0.2) is 0 Å². The number of hydrogen-bond acceptors (Lipinski definition) is 3. The number of hydrogen-bond donors (Lipinski definition) is 1. The van der Waals surface area contributed by atoms with E-state index in [4.69, 9.17) is 5.73 Å². The molecule has 1 saturated heterocycles. The predicted octanol–water partition coefficient (Wildman–Crippen LogP) is 1.48. The van der Waals surface area contributed by atoms with Crippen LogP contribution >= 0.6 is 0 Å². The Morgan fingerprint density at radius 3 is 2.50 bits per heavy atom. The number of rotatable bonds is 2. The molecule has 2 atom stereocenters. The second kappa shape index (κ2) is 4.45. The molecule has 2 unspecified atom stereocenters. The van der Waals surface area contributed by atoms with Crippen LogP contribution in [0.4, 0.5) is 5.82 Å². The zero-order valence-electron chi connectivity index (χ0n) is 10.5. The summed E-state index contributed by atoms with van der Waals surface area (Å²) in [5, 5.41) is 4.18. The molecule has 0 bridgehead atoms. The fourth-order valence-electron chi connectivity index (χ4n) is 2.78. The Kier molecular flexibility index (Phi) is 3.19. The molecule has 1 aromatic heterocycles. The van der Waals surface area contributed by atoms with Gasteiger partial charge in [0.25, 0.3) is 0 Å². The van der Waals surface area contributed by atoms with E-state index >= 15 is 0 Å². The van der Waals surface area contributed by atoms with E-state index in [0.29, 0.717) is 0 Å². The van der Waals surface area contributed by atoms with Crippen molar-refractivity contribution < 1.29 is 0 Å². The highest BCUT2D eigenvalue weighted by Crippen LogP contribution is 2.23. The number of aryl methyl sites for hydroxylation is 1. The lowest BCUT2D eigenvalue weighted by Gasteiger charge is -2.34. The molecule has 1 aliphatic heterocycles. The molecule has 0 aliphatic carbocycles. The predicted molar refractivity (Wildman–Crippen MR) is 65.8 cm³/mol. The molecular weight excluding hydrogens is 200 g/mol. The molecule has 1 aliphatic rings. The molecule has 1 fully saturated rings. The molecular formula is C12H22N4. The molecule has 2 heterocycles. The van der Waals surface area contributed by atoms with Gasteiger partial charge in [-0.3, -0.25) is 9.58 Å². The molecule has 16 heavy (non-hydrogen) atoms. The van der Waals surface area contributed by atoms with E-state index < -0.39 is 0 Å². The van der Waals surface area contributed by atoms with Crippen LogP contribution in [-0.2, 0) is 13.6 Å². The number of aromatic nitrogens is 2. The van der Waals surface area contributed by atoms with Crippen LogP contribution in [0, 0.1) is 11.8 Å². The third kappa shape index (κ3) is 2.38. The number of nitrogens with zero attached hydrogens (tertiary/aromatic N) is 3. The fourth-order valence-corrected chi connectivity index (χ4v) is 2.78. The third-order valence-corrected chi connectivity index (χ3v) is 3.40. The fraction of sp³-hybridized carbons (Fsp3) is 0.750. The van der Waals surface area contributed by atoms with Crippen LogP contribution in [0.5, 0.6) is 0 Å². The van der Waals surface area contributed by atoms with Crippen molar-refractivity contribution in [1.82, 2.24) is 14.7 Å². The lowest BCUT2D eigenvalue weighted by molar-refractivity contribution is 0.134. The first-order valence-corrected chi connectivity index (χ1v) is 6.05. The molecule has 90 valence electrons. The Balaban J connectivity index is 2.01. The molecule has 2 N–H and O–H groups in total. The van der Waals surface area contributed by atoms with Crippen molar-refractivity contribution in [3.63, 3.8) is 0 Å². The van der Waals surface area contributed by atoms with Gasteiger partial charge in [0, 0.05) is 32.2 Å². The van der Waals surface area contributed by atoms with Crippen LogP contribution in [0.2, 0.25) is 0 Å². The second-order valence-corrected chi connectivity index (χ2v) is 5.32. The van der Waals surface area contributed by atoms with Crippen LogP contribution in [0.15, 0.2) is 6.20 Å². The smallest absolute Gasteiger partial charge is 0.125 e. The first-order valence-electron chi connectivity index (χ1n) is 6.05. The van der Waals surface area contributed by atoms with Crippen molar-refractivity contribution in [1.29, 1.82) is 0 Å². The zero-order chi connectivity index (χ0) is 11.7. The van der Waals surface area contributed by atoms with Gasteiger partial charge in [0.2, 0.25) is 0 Å². The van der Waals surface area contributed by atoms with Crippen LogP contribution < -0.4 is 5.73 Å². The Morgan fingerprint density at radius 1 is 1.38 bits per heavy atom. The topological polar surface area (TPSA) is 47.1 Å². The highest BCUT2D eigenvalue weighted by Gasteiger charge is 2.22. The molecule has 1 aromatic rings. The minimum absolute atomic E-state index is 0.793. The summed E-state index contributed by atoms with van der Waals surface area (Å²) in [5.41, 5.74) is 7.12. The average molecular weight is 222 g/mol. The van der Waals surface area contributed by atoms with Gasteiger partial charge in [-0.2, -0.15) is 5.10 Å². The quantitative estimate of drug-likeness (QED) is 0.824. The standard InChI is InChI=1S/C12H22N4/c1-9-4-10(2)7-16(6-9)8-11-5-14-15(3)12(11)13/h5,9-10H,4,6-8,13H2,1-3H3. The molecule has 0 spiro atoms. The molecule has 2 rings (SSSR count). The molecule has 4 heteroatoms. The molecule has 0 saturated carbocycles. The zero-order valence-corrected chi connectivity index (χ0v) is 10.5. The number of anilines is 1. The summed E-state index contributed by atoms with van der Waals surface area (Å²) < 4.78 is 1.74. The Labute approximate surface area is 97.4 Å². The van der Waals surface area contributed by atoms with E-state index in [-0.39, 0.29) is 0 Å². The van der Waals surface area contributed by atoms with Crippen LogP contribution in [0.3, 0.4) is 0 Å². The third-order valence-electron chi connectivity index (χ3n) is 3.40. The normalized spacial score (nSPS) is 27.2. The minimum Gasteiger partial charge on any atom is -0.384 e.